The summed E-state index contributed by atoms with van der Waals surface area (Å²) < 4.78 is 5.22. The van der Waals surface area contributed by atoms with E-state index < -0.39 is 15.8 Å². The van der Waals surface area contributed by atoms with Gasteiger partial charge in [0.25, 0.3) is 11.6 Å². The van der Waals surface area contributed by atoms with E-state index in [9.17, 15) is 25.0 Å². The molecule has 142 valence electrons. The first-order valence-electron chi connectivity index (χ1n) is 7.66. The van der Waals surface area contributed by atoms with Crippen LogP contribution < -0.4 is 9.64 Å². The number of thiocarbonyl (C=S) groups is 1. The Morgan fingerprint density at radius 3 is 2.36 bits per heavy atom. The molecule has 0 bridgehead atoms. The summed E-state index contributed by atoms with van der Waals surface area (Å²) in [6.07, 6.45) is 1.50. The summed E-state index contributed by atoms with van der Waals surface area (Å²) in [5, 5.41) is 21.9. The molecule has 1 fully saturated rings. The maximum absolute atomic E-state index is 12.7. The van der Waals surface area contributed by atoms with E-state index in [4.69, 9.17) is 17.0 Å². The summed E-state index contributed by atoms with van der Waals surface area (Å²) in [6, 6.07) is 9.77. The van der Waals surface area contributed by atoms with Crippen LogP contribution in [0.25, 0.3) is 6.08 Å². The van der Waals surface area contributed by atoms with E-state index >= 15 is 0 Å². The second kappa shape index (κ2) is 7.74. The van der Waals surface area contributed by atoms with Gasteiger partial charge in [-0.05, 0) is 29.8 Å². The maximum Gasteiger partial charge on any atom is 0.311 e. The number of thioether (sulfide) groups is 1. The van der Waals surface area contributed by atoms with Gasteiger partial charge in [0.2, 0.25) is 0 Å². The lowest BCUT2D eigenvalue weighted by atomic mass is 10.1. The average molecular weight is 417 g/mol. The first-order valence-corrected chi connectivity index (χ1v) is 8.89. The van der Waals surface area contributed by atoms with Crippen LogP contribution in [-0.2, 0) is 4.79 Å². The van der Waals surface area contributed by atoms with E-state index in [0.717, 1.165) is 11.8 Å². The predicted molar refractivity (Wildman–Crippen MR) is 108 cm³/mol. The summed E-state index contributed by atoms with van der Waals surface area (Å²) in [5.74, 6) is -0.303. The zero-order valence-electron chi connectivity index (χ0n) is 14.2. The van der Waals surface area contributed by atoms with E-state index in [1.54, 1.807) is 6.07 Å². The van der Waals surface area contributed by atoms with Gasteiger partial charge in [-0.3, -0.25) is 29.9 Å². The summed E-state index contributed by atoms with van der Waals surface area (Å²) >= 11 is 6.29. The lowest BCUT2D eigenvalue weighted by Crippen LogP contribution is -2.27. The third-order valence-corrected chi connectivity index (χ3v) is 5.11. The fraction of sp³-hybridized carbons (Fsp3) is 0.0588. The van der Waals surface area contributed by atoms with Crippen LogP contribution in [0.1, 0.15) is 5.56 Å². The number of benzene rings is 2. The second-order valence-corrected chi connectivity index (χ2v) is 7.15. The number of hydrogen-bond donors (Lipinski definition) is 0. The fourth-order valence-corrected chi connectivity index (χ4v) is 3.80. The van der Waals surface area contributed by atoms with Crippen LogP contribution in [-0.4, -0.2) is 27.2 Å². The van der Waals surface area contributed by atoms with Gasteiger partial charge in [0.05, 0.1) is 27.5 Å². The zero-order chi connectivity index (χ0) is 20.4. The van der Waals surface area contributed by atoms with Gasteiger partial charge in [0.1, 0.15) is 0 Å². The molecule has 1 aliphatic rings. The molecule has 0 N–H and O–H groups in total. The highest BCUT2D eigenvalue weighted by Crippen LogP contribution is 2.37. The van der Waals surface area contributed by atoms with E-state index in [0.29, 0.717) is 11.3 Å². The molecule has 9 nitrogen and oxygen atoms in total. The molecular weight excluding hydrogens is 406 g/mol. The van der Waals surface area contributed by atoms with Crippen LogP contribution in [0.4, 0.5) is 17.1 Å². The van der Waals surface area contributed by atoms with Gasteiger partial charge >= 0.3 is 5.69 Å². The number of carbonyl (C=O) groups excluding carboxylic acids is 1. The Morgan fingerprint density at radius 1 is 1.11 bits per heavy atom. The molecular formula is C17H11N3O6S2. The predicted octanol–water partition coefficient (Wildman–Crippen LogP) is 3.92. The summed E-state index contributed by atoms with van der Waals surface area (Å²) in [5.41, 5.74) is 0.520. The molecule has 0 atom stereocenters. The molecule has 0 spiro atoms. The summed E-state index contributed by atoms with van der Waals surface area (Å²) in [4.78, 5) is 35.1. The normalized spacial score (nSPS) is 15.2. The second-order valence-electron chi connectivity index (χ2n) is 5.48. The Morgan fingerprint density at radius 2 is 1.79 bits per heavy atom. The van der Waals surface area contributed by atoms with E-state index in [1.807, 2.05) is 0 Å². The molecule has 1 heterocycles. The minimum atomic E-state index is -0.571. The van der Waals surface area contributed by atoms with Crippen molar-refractivity contribution in [1.29, 1.82) is 0 Å². The van der Waals surface area contributed by atoms with Crippen molar-refractivity contribution in [2.75, 3.05) is 12.0 Å². The highest BCUT2D eigenvalue weighted by atomic mass is 32.2. The van der Waals surface area contributed by atoms with Crippen molar-refractivity contribution < 1.29 is 19.4 Å². The largest absolute Gasteiger partial charge is 0.490 e. The molecule has 0 saturated carbocycles. The lowest BCUT2D eigenvalue weighted by Gasteiger charge is -2.13. The third kappa shape index (κ3) is 3.70. The molecule has 1 saturated heterocycles. The SMILES string of the molecule is COc1ccc(/C=C2/SC(=S)N(c3ccc([N+](=O)[O-])cc3)C2=O)cc1[N+](=O)[O-]. The number of nitro groups is 2. The van der Waals surface area contributed by atoms with Crippen LogP contribution in [0.15, 0.2) is 47.4 Å². The average Bonchev–Trinajstić information content (AvgIpc) is 2.95. The fourth-order valence-electron chi connectivity index (χ4n) is 2.50. The minimum Gasteiger partial charge on any atom is -0.490 e. The van der Waals surface area contributed by atoms with E-state index in [1.165, 1.54) is 54.5 Å². The number of nitrogens with zero attached hydrogens (tertiary/aromatic N) is 3. The molecule has 28 heavy (non-hydrogen) atoms. The first kappa shape index (κ1) is 19.5. The first-order chi connectivity index (χ1) is 13.3. The Hall–Kier alpha value is -3.31. The van der Waals surface area contributed by atoms with Crippen molar-refractivity contribution in [3.63, 3.8) is 0 Å². The van der Waals surface area contributed by atoms with Gasteiger partial charge in [-0.15, -0.1) is 0 Å². The van der Waals surface area contributed by atoms with Gasteiger partial charge in [-0.1, -0.05) is 30.0 Å². The molecule has 1 aliphatic heterocycles. The van der Waals surface area contributed by atoms with E-state index in [2.05, 4.69) is 0 Å². The number of hydrogen-bond acceptors (Lipinski definition) is 8. The van der Waals surface area contributed by atoms with Crippen molar-refractivity contribution >= 4 is 57.3 Å². The van der Waals surface area contributed by atoms with Crippen LogP contribution in [0, 0.1) is 20.2 Å². The molecule has 2 aromatic rings. The number of amides is 1. The van der Waals surface area contributed by atoms with Crippen LogP contribution in [0.2, 0.25) is 0 Å². The number of nitro benzene ring substituents is 2. The topological polar surface area (TPSA) is 116 Å². The quantitative estimate of drug-likeness (QED) is 0.311. The number of methoxy groups -OCH3 is 1. The maximum atomic E-state index is 12.7. The van der Waals surface area contributed by atoms with Gasteiger partial charge in [0.15, 0.2) is 10.1 Å². The molecule has 0 radical (unpaired) electrons. The molecule has 0 unspecified atom stereocenters. The lowest BCUT2D eigenvalue weighted by molar-refractivity contribution is -0.385. The van der Waals surface area contributed by atoms with Crippen molar-refractivity contribution in [3.05, 3.63) is 73.2 Å². The highest BCUT2D eigenvalue weighted by molar-refractivity contribution is 8.27. The van der Waals surface area contributed by atoms with Gasteiger partial charge in [-0.25, -0.2) is 0 Å². The van der Waals surface area contributed by atoms with Crippen molar-refractivity contribution in [1.82, 2.24) is 0 Å². The number of carbonyl (C=O) groups is 1. The zero-order valence-corrected chi connectivity index (χ0v) is 15.9. The van der Waals surface area contributed by atoms with Crippen LogP contribution in [0.5, 0.6) is 5.75 Å². The number of anilines is 1. The summed E-state index contributed by atoms with van der Waals surface area (Å²) in [6.45, 7) is 0. The molecule has 0 aromatic heterocycles. The Balaban J connectivity index is 1.92. The van der Waals surface area contributed by atoms with Crippen LogP contribution in [0.3, 0.4) is 0 Å². The summed E-state index contributed by atoms with van der Waals surface area (Å²) in [7, 11) is 1.33. The number of rotatable bonds is 5. The minimum absolute atomic E-state index is 0.102. The molecule has 0 aliphatic carbocycles. The molecule has 11 heteroatoms. The smallest absolute Gasteiger partial charge is 0.311 e. The van der Waals surface area contributed by atoms with E-state index in [-0.39, 0.29) is 26.3 Å². The molecule has 1 amide bonds. The van der Waals surface area contributed by atoms with Crippen LogP contribution >= 0.6 is 24.0 Å². The monoisotopic (exact) mass is 417 g/mol. The van der Waals surface area contributed by atoms with Gasteiger partial charge < -0.3 is 4.74 Å². The Kier molecular flexibility index (Phi) is 5.38. The molecule has 3 rings (SSSR count). The molecule has 2 aromatic carbocycles. The Labute approximate surface area is 167 Å². The number of ether oxygens (including phenoxy) is 1. The van der Waals surface area contributed by atoms with Crippen molar-refractivity contribution in [2.45, 2.75) is 0 Å². The third-order valence-electron chi connectivity index (χ3n) is 3.81. The Bertz CT molecular complexity index is 1040. The van der Waals surface area contributed by atoms with Gasteiger partial charge in [0, 0.05) is 18.2 Å². The standard InChI is InChI=1S/C17H11N3O6S2/c1-26-14-7-2-10(8-13(14)20(24)25)9-15-16(21)18(17(27)28-15)11-3-5-12(6-4-11)19(22)23/h2-9H,1H3/b15-9+. The highest BCUT2D eigenvalue weighted by Gasteiger charge is 2.33. The van der Waals surface area contributed by atoms with Crippen molar-refractivity contribution in [2.24, 2.45) is 0 Å². The van der Waals surface area contributed by atoms with Gasteiger partial charge in [-0.2, -0.15) is 0 Å². The van der Waals surface area contributed by atoms with Crippen molar-refractivity contribution in [3.8, 4) is 5.75 Å². The number of non-ortho nitro benzene ring substituents is 1.